The minimum atomic E-state index is -0.309. The number of hydrogen-bond donors (Lipinski definition) is 1. The number of hydrogen-bond acceptors (Lipinski definition) is 3. The van der Waals surface area contributed by atoms with Crippen molar-refractivity contribution in [1.82, 2.24) is 24.6 Å². The summed E-state index contributed by atoms with van der Waals surface area (Å²) < 4.78 is 16.9. The normalized spacial score (nSPS) is 14.4. The molecule has 4 rings (SSSR count). The number of halogens is 1. The standard InChI is InChI=1S/C22H26FN5O/c1-17-20(21(29)24-11-6-14-26-12-2-3-13-26)22(27-15-4-5-16-27)28(25-17)19-9-7-18(23)8-10-19/h4-5,7-10,15-16H,2-3,6,11-14H2,1H3,(H,24,29). The molecule has 1 aliphatic heterocycles. The second-order valence-corrected chi connectivity index (χ2v) is 7.42. The molecule has 0 aliphatic carbocycles. The van der Waals surface area contributed by atoms with Gasteiger partial charge in [-0.15, -0.1) is 0 Å². The number of likely N-dealkylation sites (tertiary alicyclic amines) is 1. The zero-order valence-corrected chi connectivity index (χ0v) is 16.6. The Kier molecular flexibility index (Phi) is 5.76. The van der Waals surface area contributed by atoms with Crippen LogP contribution in [0.15, 0.2) is 48.8 Å². The molecule has 3 aromatic rings. The van der Waals surface area contributed by atoms with Crippen molar-refractivity contribution in [2.75, 3.05) is 26.2 Å². The predicted molar refractivity (Wildman–Crippen MR) is 110 cm³/mol. The van der Waals surface area contributed by atoms with Gasteiger partial charge in [-0.2, -0.15) is 5.10 Å². The molecule has 0 bridgehead atoms. The van der Waals surface area contributed by atoms with Crippen molar-refractivity contribution in [3.63, 3.8) is 0 Å². The van der Waals surface area contributed by atoms with Crippen LogP contribution in [0.5, 0.6) is 0 Å². The maximum atomic E-state index is 13.4. The topological polar surface area (TPSA) is 55.1 Å². The number of aryl methyl sites for hydroxylation is 1. The van der Waals surface area contributed by atoms with Crippen LogP contribution in [0.3, 0.4) is 0 Å². The summed E-state index contributed by atoms with van der Waals surface area (Å²) in [4.78, 5) is 15.5. The summed E-state index contributed by atoms with van der Waals surface area (Å²) in [6, 6.07) is 9.90. The summed E-state index contributed by atoms with van der Waals surface area (Å²) in [5.41, 5.74) is 1.87. The highest BCUT2D eigenvalue weighted by Gasteiger charge is 2.23. The maximum absolute atomic E-state index is 13.4. The first-order valence-electron chi connectivity index (χ1n) is 10.1. The Morgan fingerprint density at radius 1 is 1.14 bits per heavy atom. The highest BCUT2D eigenvalue weighted by molar-refractivity contribution is 5.98. The highest BCUT2D eigenvalue weighted by atomic mass is 19.1. The molecule has 1 aromatic carbocycles. The second-order valence-electron chi connectivity index (χ2n) is 7.42. The van der Waals surface area contributed by atoms with E-state index in [2.05, 4.69) is 15.3 Å². The van der Waals surface area contributed by atoms with Gasteiger partial charge in [0.15, 0.2) is 5.82 Å². The molecule has 0 unspecified atom stereocenters. The van der Waals surface area contributed by atoms with E-state index in [1.807, 2.05) is 36.0 Å². The van der Waals surface area contributed by atoms with E-state index in [0.29, 0.717) is 29.3 Å². The average Bonchev–Trinajstić information content (AvgIpc) is 3.46. The van der Waals surface area contributed by atoms with Gasteiger partial charge in [0.25, 0.3) is 5.91 Å². The fraction of sp³-hybridized carbons (Fsp3) is 0.364. The molecule has 1 fully saturated rings. The van der Waals surface area contributed by atoms with Crippen LogP contribution in [-0.4, -0.2) is 51.3 Å². The van der Waals surface area contributed by atoms with Gasteiger partial charge in [0.2, 0.25) is 0 Å². The molecule has 3 heterocycles. The maximum Gasteiger partial charge on any atom is 0.256 e. The van der Waals surface area contributed by atoms with E-state index in [-0.39, 0.29) is 11.7 Å². The third-order valence-corrected chi connectivity index (χ3v) is 5.32. The summed E-state index contributed by atoms with van der Waals surface area (Å²) in [5.74, 6) is 0.202. The minimum absolute atomic E-state index is 0.138. The largest absolute Gasteiger partial charge is 0.352 e. The fourth-order valence-electron chi connectivity index (χ4n) is 3.86. The van der Waals surface area contributed by atoms with Crippen LogP contribution in [0.2, 0.25) is 0 Å². The first-order valence-corrected chi connectivity index (χ1v) is 10.1. The molecule has 1 saturated heterocycles. The van der Waals surface area contributed by atoms with Gasteiger partial charge in [0, 0.05) is 18.9 Å². The zero-order valence-electron chi connectivity index (χ0n) is 16.6. The number of rotatable bonds is 7. The minimum Gasteiger partial charge on any atom is -0.352 e. The van der Waals surface area contributed by atoms with E-state index >= 15 is 0 Å². The van der Waals surface area contributed by atoms with Gasteiger partial charge in [-0.3, -0.25) is 4.79 Å². The number of aromatic nitrogens is 3. The van der Waals surface area contributed by atoms with Gasteiger partial charge in [-0.1, -0.05) is 0 Å². The van der Waals surface area contributed by atoms with Gasteiger partial charge in [0.1, 0.15) is 11.4 Å². The summed E-state index contributed by atoms with van der Waals surface area (Å²) in [5, 5.41) is 7.63. The van der Waals surface area contributed by atoms with Gasteiger partial charge >= 0.3 is 0 Å². The smallest absolute Gasteiger partial charge is 0.256 e. The Labute approximate surface area is 169 Å². The third kappa shape index (κ3) is 4.24. The molecule has 7 heteroatoms. The molecule has 1 aliphatic rings. The summed E-state index contributed by atoms with van der Waals surface area (Å²) in [7, 11) is 0. The van der Waals surface area contributed by atoms with Crippen molar-refractivity contribution in [1.29, 1.82) is 0 Å². The van der Waals surface area contributed by atoms with Crippen LogP contribution in [-0.2, 0) is 0 Å². The van der Waals surface area contributed by atoms with Crippen LogP contribution < -0.4 is 5.32 Å². The van der Waals surface area contributed by atoms with Crippen molar-refractivity contribution in [3.05, 3.63) is 65.9 Å². The van der Waals surface area contributed by atoms with E-state index in [9.17, 15) is 9.18 Å². The van der Waals surface area contributed by atoms with Crippen molar-refractivity contribution >= 4 is 5.91 Å². The Hall–Kier alpha value is -2.93. The SMILES string of the molecule is Cc1nn(-c2ccc(F)cc2)c(-n2cccc2)c1C(=O)NCCCN1CCCC1. The van der Waals surface area contributed by atoms with E-state index in [1.165, 1.54) is 25.0 Å². The lowest BCUT2D eigenvalue weighted by Crippen LogP contribution is -2.29. The fourth-order valence-corrected chi connectivity index (χ4v) is 3.86. The predicted octanol–water partition coefficient (Wildman–Crippen LogP) is 3.33. The number of nitrogens with one attached hydrogen (secondary N) is 1. The van der Waals surface area contributed by atoms with Crippen molar-refractivity contribution < 1.29 is 9.18 Å². The number of amides is 1. The molecule has 0 atom stereocenters. The van der Waals surface area contributed by atoms with Crippen LogP contribution in [0.1, 0.15) is 35.3 Å². The van der Waals surface area contributed by atoms with Gasteiger partial charge in [-0.05, 0) is 82.2 Å². The molecular weight excluding hydrogens is 369 g/mol. The number of carbonyl (C=O) groups excluding carboxylic acids is 1. The van der Waals surface area contributed by atoms with Gasteiger partial charge in [-0.25, -0.2) is 9.07 Å². The van der Waals surface area contributed by atoms with Crippen molar-refractivity contribution in [3.8, 4) is 11.5 Å². The molecule has 2 aromatic heterocycles. The zero-order chi connectivity index (χ0) is 20.2. The molecule has 0 radical (unpaired) electrons. The van der Waals surface area contributed by atoms with Crippen LogP contribution in [0.25, 0.3) is 11.5 Å². The number of nitrogens with zero attached hydrogens (tertiary/aromatic N) is 4. The summed E-state index contributed by atoms with van der Waals surface area (Å²) in [6.45, 7) is 5.79. The molecule has 1 N–H and O–H groups in total. The molecular formula is C22H26FN5O. The lowest BCUT2D eigenvalue weighted by Gasteiger charge is -2.15. The first-order chi connectivity index (χ1) is 14.1. The quantitative estimate of drug-likeness (QED) is 0.625. The second kappa shape index (κ2) is 8.61. The van der Waals surface area contributed by atoms with E-state index in [0.717, 1.165) is 26.1 Å². The molecule has 0 spiro atoms. The number of benzene rings is 1. The molecule has 6 nitrogen and oxygen atoms in total. The summed E-state index contributed by atoms with van der Waals surface area (Å²) >= 11 is 0. The Morgan fingerprint density at radius 2 is 1.83 bits per heavy atom. The Morgan fingerprint density at radius 3 is 2.52 bits per heavy atom. The van der Waals surface area contributed by atoms with Crippen molar-refractivity contribution in [2.24, 2.45) is 0 Å². The van der Waals surface area contributed by atoms with Crippen LogP contribution in [0.4, 0.5) is 4.39 Å². The first kappa shape index (κ1) is 19.4. The average molecular weight is 395 g/mol. The van der Waals surface area contributed by atoms with Gasteiger partial charge in [0.05, 0.1) is 11.4 Å². The lowest BCUT2D eigenvalue weighted by molar-refractivity contribution is 0.0951. The Bertz CT molecular complexity index is 956. The van der Waals surface area contributed by atoms with Crippen LogP contribution >= 0.6 is 0 Å². The molecule has 1 amide bonds. The third-order valence-electron chi connectivity index (χ3n) is 5.32. The number of carbonyl (C=O) groups is 1. The lowest BCUT2D eigenvalue weighted by atomic mass is 10.2. The molecule has 29 heavy (non-hydrogen) atoms. The molecule has 152 valence electrons. The molecule has 0 saturated carbocycles. The Balaban J connectivity index is 1.57. The van der Waals surface area contributed by atoms with E-state index in [4.69, 9.17) is 0 Å². The van der Waals surface area contributed by atoms with Crippen molar-refractivity contribution in [2.45, 2.75) is 26.2 Å². The van der Waals surface area contributed by atoms with E-state index < -0.39 is 0 Å². The monoisotopic (exact) mass is 395 g/mol. The van der Waals surface area contributed by atoms with Crippen LogP contribution in [0, 0.1) is 12.7 Å². The summed E-state index contributed by atoms with van der Waals surface area (Å²) in [6.07, 6.45) is 7.22. The highest BCUT2D eigenvalue weighted by Crippen LogP contribution is 2.23. The van der Waals surface area contributed by atoms with E-state index in [1.54, 1.807) is 16.8 Å². The van der Waals surface area contributed by atoms with Gasteiger partial charge < -0.3 is 14.8 Å².